The van der Waals surface area contributed by atoms with Crippen LogP contribution < -0.4 is 17.1 Å². The van der Waals surface area contributed by atoms with E-state index in [2.05, 4.69) is 15.0 Å². The van der Waals surface area contributed by atoms with E-state index in [9.17, 15) is 28.8 Å². The van der Waals surface area contributed by atoms with E-state index in [1.807, 2.05) is 0 Å². The van der Waals surface area contributed by atoms with Crippen LogP contribution >= 0.6 is 0 Å². The van der Waals surface area contributed by atoms with Gasteiger partial charge in [-0.2, -0.15) is 0 Å². The third-order valence-corrected chi connectivity index (χ3v) is 8.74. The van der Waals surface area contributed by atoms with Crippen molar-refractivity contribution in [2.75, 3.05) is 0 Å². The summed E-state index contributed by atoms with van der Waals surface area (Å²) in [5, 5.41) is 0. The predicted octanol–water partition coefficient (Wildman–Crippen LogP) is 1.86. The average molecular weight is 541 g/mol. The standard InChI is InChI=1S/C27H36N6O6/c34-16-28-22-9-7-19(8-10-22)13-31-25(37)32(14-20-3-1-5-23(11-20)29-17-35)27(39)33(26(31)38)15-21-4-2-6-24(12-21)30-18-36/h19-24H,1-15H2. The first-order valence-corrected chi connectivity index (χ1v) is 14.1. The molecule has 1 heterocycles. The van der Waals surface area contributed by atoms with Crippen LogP contribution in [0.1, 0.15) is 77.0 Å². The summed E-state index contributed by atoms with van der Waals surface area (Å²) in [5.41, 5.74) is -1.84. The zero-order valence-electron chi connectivity index (χ0n) is 22.2. The maximum Gasteiger partial charge on any atom is 0.336 e. The molecule has 12 nitrogen and oxygen atoms in total. The second-order valence-electron chi connectivity index (χ2n) is 11.4. The Morgan fingerprint density at radius 3 is 1.31 bits per heavy atom. The average Bonchev–Trinajstić information content (AvgIpc) is 2.93. The molecule has 3 aliphatic rings. The van der Waals surface area contributed by atoms with Crippen molar-refractivity contribution in [3.8, 4) is 0 Å². The Kier molecular flexibility index (Phi) is 9.93. The van der Waals surface area contributed by atoms with E-state index in [4.69, 9.17) is 0 Å². The van der Waals surface area contributed by atoms with Crippen molar-refractivity contribution in [3.63, 3.8) is 0 Å². The first-order valence-electron chi connectivity index (χ1n) is 14.1. The molecule has 4 atom stereocenters. The van der Waals surface area contributed by atoms with Gasteiger partial charge in [-0.1, -0.05) is 12.8 Å². The maximum absolute atomic E-state index is 13.6. The molecule has 3 saturated carbocycles. The molecule has 0 aliphatic heterocycles. The molecule has 0 N–H and O–H groups in total. The first-order chi connectivity index (χ1) is 18.9. The highest BCUT2D eigenvalue weighted by Gasteiger charge is 2.29. The molecule has 0 saturated heterocycles. The van der Waals surface area contributed by atoms with Gasteiger partial charge in [0.05, 0.1) is 18.1 Å². The minimum Gasteiger partial charge on any atom is -0.247 e. The second-order valence-corrected chi connectivity index (χ2v) is 11.4. The summed E-state index contributed by atoms with van der Waals surface area (Å²) in [6.07, 6.45) is 13.6. The fourth-order valence-corrected chi connectivity index (χ4v) is 6.70. The van der Waals surface area contributed by atoms with Crippen molar-refractivity contribution in [1.29, 1.82) is 0 Å². The lowest BCUT2D eigenvalue weighted by Crippen LogP contribution is -2.56. The molecular formula is C27H36N6O6. The summed E-state index contributed by atoms with van der Waals surface area (Å²) in [7, 11) is 0. The van der Waals surface area contributed by atoms with E-state index in [1.165, 1.54) is 13.7 Å². The second kappa shape index (κ2) is 13.6. The van der Waals surface area contributed by atoms with Gasteiger partial charge in [-0.05, 0) is 82.0 Å². The molecule has 3 aliphatic carbocycles. The van der Waals surface area contributed by atoms with Gasteiger partial charge in [0.25, 0.3) is 0 Å². The van der Waals surface area contributed by atoms with Crippen LogP contribution in [-0.2, 0) is 34.0 Å². The fourth-order valence-electron chi connectivity index (χ4n) is 6.70. The van der Waals surface area contributed by atoms with Crippen molar-refractivity contribution in [2.24, 2.45) is 32.7 Å². The number of carbonyl (C=O) groups excluding carboxylic acids is 3. The molecular weight excluding hydrogens is 504 g/mol. The number of rotatable bonds is 9. The monoisotopic (exact) mass is 540 g/mol. The topological polar surface area (TPSA) is 154 Å². The number of aromatic nitrogens is 3. The number of isocyanates is 3. The molecule has 0 bridgehead atoms. The van der Waals surface area contributed by atoms with Crippen molar-refractivity contribution in [1.82, 2.24) is 13.7 Å². The van der Waals surface area contributed by atoms with Crippen LogP contribution in [0.25, 0.3) is 0 Å². The zero-order chi connectivity index (χ0) is 27.8. The Hall–Kier alpha value is -3.45. The molecule has 1 aromatic rings. The smallest absolute Gasteiger partial charge is 0.247 e. The lowest BCUT2D eigenvalue weighted by Gasteiger charge is -2.29. The van der Waals surface area contributed by atoms with Gasteiger partial charge in [0, 0.05) is 19.6 Å². The van der Waals surface area contributed by atoms with Crippen LogP contribution in [0.2, 0.25) is 0 Å². The van der Waals surface area contributed by atoms with E-state index >= 15 is 0 Å². The molecule has 3 fully saturated rings. The van der Waals surface area contributed by atoms with E-state index in [0.717, 1.165) is 38.5 Å². The number of hydrogen-bond donors (Lipinski definition) is 0. The Morgan fingerprint density at radius 2 is 0.897 bits per heavy atom. The number of nitrogens with zero attached hydrogens (tertiary/aromatic N) is 6. The van der Waals surface area contributed by atoms with Crippen LogP contribution in [0, 0.1) is 17.8 Å². The molecule has 0 amide bonds. The highest BCUT2D eigenvalue weighted by molar-refractivity contribution is 5.34. The Labute approximate surface area is 225 Å². The molecule has 12 heteroatoms. The van der Waals surface area contributed by atoms with Crippen LogP contribution in [0.3, 0.4) is 0 Å². The third kappa shape index (κ3) is 7.15. The lowest BCUT2D eigenvalue weighted by atomic mass is 9.85. The largest absolute Gasteiger partial charge is 0.336 e. The molecule has 4 rings (SSSR count). The van der Waals surface area contributed by atoms with Gasteiger partial charge in [-0.3, -0.25) is 0 Å². The molecule has 0 aromatic carbocycles. The molecule has 39 heavy (non-hydrogen) atoms. The predicted molar refractivity (Wildman–Crippen MR) is 141 cm³/mol. The minimum atomic E-state index is -0.618. The van der Waals surface area contributed by atoms with Gasteiger partial charge in [0.1, 0.15) is 0 Å². The molecule has 210 valence electrons. The van der Waals surface area contributed by atoms with E-state index < -0.39 is 17.1 Å². The summed E-state index contributed by atoms with van der Waals surface area (Å²) in [4.78, 5) is 84.6. The van der Waals surface area contributed by atoms with Crippen molar-refractivity contribution in [2.45, 2.75) is 115 Å². The van der Waals surface area contributed by atoms with E-state index in [0.29, 0.717) is 38.5 Å². The summed E-state index contributed by atoms with van der Waals surface area (Å²) in [6.45, 7) is 0.513. The molecule has 1 aromatic heterocycles. The summed E-state index contributed by atoms with van der Waals surface area (Å²) >= 11 is 0. The van der Waals surface area contributed by atoms with Crippen LogP contribution in [0.4, 0.5) is 0 Å². The van der Waals surface area contributed by atoms with Crippen LogP contribution in [-0.4, -0.2) is 50.1 Å². The highest BCUT2D eigenvalue weighted by atomic mass is 16.2. The minimum absolute atomic E-state index is 0.0247. The van der Waals surface area contributed by atoms with E-state index in [-0.39, 0.29) is 55.5 Å². The molecule has 0 spiro atoms. The van der Waals surface area contributed by atoms with E-state index in [1.54, 1.807) is 18.2 Å². The summed E-state index contributed by atoms with van der Waals surface area (Å²) in [5.74, 6) is 0.00134. The van der Waals surface area contributed by atoms with Gasteiger partial charge in [0.15, 0.2) is 0 Å². The normalized spacial score (nSPS) is 28.9. The quantitative estimate of drug-likeness (QED) is 0.344. The maximum atomic E-state index is 13.6. The number of hydrogen-bond acceptors (Lipinski definition) is 9. The van der Waals surface area contributed by atoms with Crippen LogP contribution in [0.5, 0.6) is 0 Å². The summed E-state index contributed by atoms with van der Waals surface area (Å²) in [6, 6.07) is -0.429. The lowest BCUT2D eigenvalue weighted by molar-refractivity contribution is 0.244. The number of aliphatic imine (C=N–C) groups is 3. The summed E-state index contributed by atoms with van der Waals surface area (Å²) < 4.78 is 3.57. The van der Waals surface area contributed by atoms with Crippen molar-refractivity contribution in [3.05, 3.63) is 31.5 Å². The Bertz CT molecular complexity index is 1260. The van der Waals surface area contributed by atoms with Crippen LogP contribution in [0.15, 0.2) is 29.4 Å². The van der Waals surface area contributed by atoms with Crippen molar-refractivity contribution < 1.29 is 14.4 Å². The molecule has 0 radical (unpaired) electrons. The van der Waals surface area contributed by atoms with Gasteiger partial charge < -0.3 is 0 Å². The first kappa shape index (κ1) is 28.6. The van der Waals surface area contributed by atoms with Gasteiger partial charge in [-0.15, -0.1) is 0 Å². The van der Waals surface area contributed by atoms with Crippen molar-refractivity contribution >= 4 is 18.2 Å². The SMILES string of the molecule is O=C=NC1CCC(Cn2c(=O)n(CC3CCCC(N=C=O)C3)c(=O)n(CC3CCCC(N=C=O)C3)c2=O)CC1. The zero-order valence-corrected chi connectivity index (χ0v) is 22.2. The third-order valence-electron chi connectivity index (χ3n) is 8.74. The fraction of sp³-hybridized carbons (Fsp3) is 0.778. The van der Waals surface area contributed by atoms with Gasteiger partial charge >= 0.3 is 17.1 Å². The Morgan fingerprint density at radius 1 is 0.513 bits per heavy atom. The highest BCUT2D eigenvalue weighted by Crippen LogP contribution is 2.29. The van der Waals surface area contributed by atoms with Gasteiger partial charge in [-0.25, -0.2) is 57.4 Å². The Balaban J connectivity index is 1.65. The molecule has 4 unspecified atom stereocenters. The van der Waals surface area contributed by atoms with Gasteiger partial charge in [0.2, 0.25) is 18.2 Å².